The monoisotopic (exact) mass is 294 g/mol. The Bertz CT molecular complexity index is 842. The fourth-order valence-electron chi connectivity index (χ4n) is 2.18. The van der Waals surface area contributed by atoms with Crippen molar-refractivity contribution in [2.45, 2.75) is 6.42 Å². The Kier molecular flexibility index (Phi) is 3.62. The summed E-state index contributed by atoms with van der Waals surface area (Å²) in [4.78, 5) is 8.26. The minimum atomic E-state index is -0.0599. The maximum absolute atomic E-state index is 10.2. The quantitative estimate of drug-likeness (QED) is 0.511. The molecule has 3 rings (SSSR count). The van der Waals surface area contributed by atoms with E-state index in [0.717, 1.165) is 5.56 Å². The lowest BCUT2D eigenvalue weighted by Crippen LogP contribution is -1.86. The van der Waals surface area contributed by atoms with Crippen LogP contribution in [0, 0.1) is 0 Å². The predicted octanol–water partition coefficient (Wildman–Crippen LogP) is 3.30. The number of benzene rings is 2. The van der Waals surface area contributed by atoms with Crippen molar-refractivity contribution in [3.8, 4) is 17.2 Å². The highest BCUT2D eigenvalue weighted by atomic mass is 16.3. The largest absolute Gasteiger partial charge is 0.508 e. The van der Waals surface area contributed by atoms with Gasteiger partial charge in [0.2, 0.25) is 0 Å². The van der Waals surface area contributed by atoms with Gasteiger partial charge in [-0.05, 0) is 29.8 Å². The molecule has 0 unspecified atom stereocenters. The molecule has 110 valence electrons. The normalized spacial score (nSPS) is 11.3. The Labute approximate surface area is 126 Å². The third-order valence-corrected chi connectivity index (χ3v) is 3.32. The van der Waals surface area contributed by atoms with Crippen LogP contribution in [0.15, 0.2) is 53.7 Å². The van der Waals surface area contributed by atoms with Crippen molar-refractivity contribution < 1.29 is 15.3 Å². The maximum Gasteiger partial charge on any atom is 0.168 e. The second-order valence-corrected chi connectivity index (χ2v) is 4.85. The SMILES string of the molecule is Oc1ccc(CC=Nc2cc(O)c3cccnc3c2O)cc1. The number of hydrogen-bond acceptors (Lipinski definition) is 5. The molecule has 22 heavy (non-hydrogen) atoms. The number of rotatable bonds is 3. The molecule has 5 heteroatoms. The van der Waals surface area contributed by atoms with E-state index in [0.29, 0.717) is 17.3 Å². The summed E-state index contributed by atoms with van der Waals surface area (Å²) in [5.41, 5.74) is 1.56. The average molecular weight is 294 g/mol. The summed E-state index contributed by atoms with van der Waals surface area (Å²) < 4.78 is 0. The molecule has 0 spiro atoms. The highest BCUT2D eigenvalue weighted by molar-refractivity contribution is 5.94. The van der Waals surface area contributed by atoms with Gasteiger partial charge in [0.1, 0.15) is 22.7 Å². The minimum absolute atomic E-state index is 0.0256. The molecule has 0 saturated heterocycles. The first kappa shape index (κ1) is 13.9. The minimum Gasteiger partial charge on any atom is -0.508 e. The zero-order valence-electron chi connectivity index (χ0n) is 11.6. The van der Waals surface area contributed by atoms with E-state index in [1.165, 1.54) is 6.07 Å². The number of aromatic hydroxyl groups is 3. The van der Waals surface area contributed by atoms with E-state index in [1.54, 1.807) is 48.8 Å². The zero-order valence-corrected chi connectivity index (χ0v) is 11.6. The van der Waals surface area contributed by atoms with Crippen molar-refractivity contribution >= 4 is 22.8 Å². The van der Waals surface area contributed by atoms with Crippen LogP contribution in [0.3, 0.4) is 0 Å². The van der Waals surface area contributed by atoms with E-state index in [-0.39, 0.29) is 22.9 Å². The van der Waals surface area contributed by atoms with Crippen molar-refractivity contribution in [3.63, 3.8) is 0 Å². The molecule has 1 aromatic heterocycles. The van der Waals surface area contributed by atoms with Gasteiger partial charge < -0.3 is 15.3 Å². The van der Waals surface area contributed by atoms with Gasteiger partial charge in [0, 0.05) is 30.3 Å². The fourth-order valence-corrected chi connectivity index (χ4v) is 2.18. The third-order valence-electron chi connectivity index (χ3n) is 3.32. The van der Waals surface area contributed by atoms with E-state index in [9.17, 15) is 15.3 Å². The van der Waals surface area contributed by atoms with E-state index in [2.05, 4.69) is 9.98 Å². The van der Waals surface area contributed by atoms with E-state index >= 15 is 0 Å². The van der Waals surface area contributed by atoms with E-state index in [1.807, 2.05) is 0 Å². The summed E-state index contributed by atoms with van der Waals surface area (Å²) in [5.74, 6) is 0.178. The summed E-state index contributed by atoms with van der Waals surface area (Å²) in [7, 11) is 0. The van der Waals surface area contributed by atoms with Crippen LogP contribution in [0.2, 0.25) is 0 Å². The molecule has 0 aliphatic carbocycles. The van der Waals surface area contributed by atoms with Crippen molar-refractivity contribution in [3.05, 3.63) is 54.2 Å². The Balaban J connectivity index is 1.89. The molecule has 0 saturated carbocycles. The molecule has 0 bridgehead atoms. The Hall–Kier alpha value is -3.08. The summed E-state index contributed by atoms with van der Waals surface area (Å²) in [6.45, 7) is 0. The van der Waals surface area contributed by atoms with Crippen LogP contribution >= 0.6 is 0 Å². The number of aromatic nitrogens is 1. The number of nitrogens with zero attached hydrogens (tertiary/aromatic N) is 2. The first-order valence-electron chi connectivity index (χ1n) is 6.75. The molecule has 0 aliphatic heterocycles. The van der Waals surface area contributed by atoms with Crippen LogP contribution in [0.1, 0.15) is 5.56 Å². The molecule has 1 heterocycles. The average Bonchev–Trinajstić information content (AvgIpc) is 2.54. The standard InChI is InChI=1S/C17H14N2O3/c20-12-5-3-11(4-6-12)7-9-18-14-10-15(21)13-2-1-8-19-16(13)17(14)22/h1-6,8-10,20-22H,7H2. The number of aliphatic imine (C=N–C) groups is 1. The van der Waals surface area contributed by atoms with Gasteiger partial charge in [-0.3, -0.25) is 9.98 Å². The van der Waals surface area contributed by atoms with Gasteiger partial charge in [-0.2, -0.15) is 0 Å². The molecule has 3 N–H and O–H groups in total. The van der Waals surface area contributed by atoms with Gasteiger partial charge in [-0.1, -0.05) is 12.1 Å². The highest BCUT2D eigenvalue weighted by Crippen LogP contribution is 2.38. The van der Waals surface area contributed by atoms with Crippen LogP contribution < -0.4 is 0 Å². The third kappa shape index (κ3) is 2.69. The lowest BCUT2D eigenvalue weighted by Gasteiger charge is -2.05. The van der Waals surface area contributed by atoms with Crippen LogP contribution in [-0.4, -0.2) is 26.5 Å². The molecule has 0 amide bonds. The molecule has 0 aliphatic rings. The highest BCUT2D eigenvalue weighted by Gasteiger charge is 2.10. The first-order chi connectivity index (χ1) is 10.6. The fraction of sp³-hybridized carbons (Fsp3) is 0.0588. The lowest BCUT2D eigenvalue weighted by atomic mass is 10.1. The lowest BCUT2D eigenvalue weighted by molar-refractivity contribution is 0.470. The van der Waals surface area contributed by atoms with Gasteiger partial charge in [-0.15, -0.1) is 0 Å². The van der Waals surface area contributed by atoms with Gasteiger partial charge >= 0.3 is 0 Å². The predicted molar refractivity (Wildman–Crippen MR) is 85.0 cm³/mol. The molecule has 5 nitrogen and oxygen atoms in total. The Morgan fingerprint density at radius 3 is 2.59 bits per heavy atom. The molecule has 3 aromatic rings. The Morgan fingerprint density at radius 1 is 1.05 bits per heavy atom. The Morgan fingerprint density at radius 2 is 1.82 bits per heavy atom. The van der Waals surface area contributed by atoms with Crippen molar-refractivity contribution in [1.82, 2.24) is 4.98 Å². The van der Waals surface area contributed by atoms with Gasteiger partial charge in [0.25, 0.3) is 0 Å². The summed E-state index contributed by atoms with van der Waals surface area (Å²) in [6.07, 6.45) is 3.72. The van der Waals surface area contributed by atoms with Crippen LogP contribution in [0.4, 0.5) is 5.69 Å². The van der Waals surface area contributed by atoms with E-state index < -0.39 is 0 Å². The second kappa shape index (κ2) is 5.73. The van der Waals surface area contributed by atoms with Crippen molar-refractivity contribution in [2.75, 3.05) is 0 Å². The molecule has 0 atom stereocenters. The molecular weight excluding hydrogens is 280 g/mol. The first-order valence-corrected chi connectivity index (χ1v) is 6.75. The van der Waals surface area contributed by atoms with Crippen LogP contribution in [0.25, 0.3) is 10.9 Å². The molecular formula is C17H14N2O3. The number of hydrogen-bond donors (Lipinski definition) is 3. The number of pyridine rings is 1. The number of fused-ring (bicyclic) bond motifs is 1. The topological polar surface area (TPSA) is 85.9 Å². The van der Waals surface area contributed by atoms with Crippen LogP contribution in [0.5, 0.6) is 17.2 Å². The number of phenolic OH excluding ortho intramolecular Hbond substituents is 3. The summed E-state index contributed by atoms with van der Waals surface area (Å²) >= 11 is 0. The van der Waals surface area contributed by atoms with Gasteiger partial charge in [0.15, 0.2) is 5.75 Å². The molecule has 2 aromatic carbocycles. The maximum atomic E-state index is 10.2. The number of phenols is 3. The zero-order chi connectivity index (χ0) is 15.5. The molecule has 0 radical (unpaired) electrons. The van der Waals surface area contributed by atoms with Crippen molar-refractivity contribution in [2.24, 2.45) is 4.99 Å². The summed E-state index contributed by atoms with van der Waals surface area (Å²) in [6, 6.07) is 11.6. The van der Waals surface area contributed by atoms with Gasteiger partial charge in [0.05, 0.1) is 0 Å². The smallest absolute Gasteiger partial charge is 0.168 e. The second-order valence-electron chi connectivity index (χ2n) is 4.85. The van der Waals surface area contributed by atoms with Gasteiger partial charge in [-0.25, -0.2) is 0 Å². The van der Waals surface area contributed by atoms with E-state index in [4.69, 9.17) is 0 Å². The molecule has 0 fully saturated rings. The van der Waals surface area contributed by atoms with Crippen LogP contribution in [-0.2, 0) is 6.42 Å². The van der Waals surface area contributed by atoms with Crippen molar-refractivity contribution in [1.29, 1.82) is 0 Å². The summed E-state index contributed by atoms with van der Waals surface area (Å²) in [5, 5.41) is 29.9.